The zero-order valence-corrected chi connectivity index (χ0v) is 14.6. The Bertz CT molecular complexity index is 850. The van der Waals surface area contributed by atoms with E-state index in [1.54, 1.807) is 48.9 Å². The number of carbonyl (C=O) groups excluding carboxylic acids is 1. The van der Waals surface area contributed by atoms with Gasteiger partial charge in [0.25, 0.3) is 5.91 Å². The lowest BCUT2D eigenvalue weighted by Gasteiger charge is -2.09. The van der Waals surface area contributed by atoms with Gasteiger partial charge < -0.3 is 10.6 Å². The number of carbonyl (C=O) groups is 1. The van der Waals surface area contributed by atoms with Gasteiger partial charge in [-0.25, -0.2) is 4.98 Å². The molecule has 0 unspecified atom stereocenters. The molecule has 2 heterocycles. The van der Waals surface area contributed by atoms with E-state index in [0.29, 0.717) is 22.3 Å². The number of benzene rings is 1. The Balaban J connectivity index is 1.64. The van der Waals surface area contributed by atoms with Crippen LogP contribution >= 0.6 is 23.2 Å². The summed E-state index contributed by atoms with van der Waals surface area (Å²) in [6, 6.07) is 12.3. The van der Waals surface area contributed by atoms with Gasteiger partial charge in [-0.05, 0) is 35.9 Å². The summed E-state index contributed by atoms with van der Waals surface area (Å²) in [6.07, 6.45) is 5.11. The summed E-state index contributed by atoms with van der Waals surface area (Å²) in [5, 5.41) is 6.64. The number of halogens is 2. The molecular weight excluding hydrogens is 359 g/mol. The van der Waals surface area contributed by atoms with Gasteiger partial charge in [-0.3, -0.25) is 9.78 Å². The van der Waals surface area contributed by atoms with E-state index in [9.17, 15) is 4.79 Å². The lowest BCUT2D eigenvalue weighted by molar-refractivity contribution is 0.102. The summed E-state index contributed by atoms with van der Waals surface area (Å²) < 4.78 is 0. The molecular formula is C18H14Cl2N4O. The predicted molar refractivity (Wildman–Crippen MR) is 100 cm³/mol. The molecule has 0 radical (unpaired) electrons. The SMILES string of the molecule is O=C(Nc1c(Cl)cccc1Cl)c1ccc(NCc2cccnc2)cn1. The van der Waals surface area contributed by atoms with Crippen LogP contribution in [-0.4, -0.2) is 15.9 Å². The molecule has 1 aromatic carbocycles. The molecule has 0 saturated heterocycles. The molecule has 0 spiro atoms. The number of rotatable bonds is 5. The highest BCUT2D eigenvalue weighted by atomic mass is 35.5. The van der Waals surface area contributed by atoms with Crippen LogP contribution < -0.4 is 10.6 Å². The molecule has 0 saturated carbocycles. The van der Waals surface area contributed by atoms with Crippen LogP contribution in [0.2, 0.25) is 10.0 Å². The van der Waals surface area contributed by atoms with E-state index in [1.807, 2.05) is 12.1 Å². The van der Waals surface area contributed by atoms with Crippen LogP contribution in [0.15, 0.2) is 61.1 Å². The van der Waals surface area contributed by atoms with Crippen molar-refractivity contribution in [1.29, 1.82) is 0 Å². The minimum atomic E-state index is -0.381. The van der Waals surface area contributed by atoms with Gasteiger partial charge in [-0.2, -0.15) is 0 Å². The van der Waals surface area contributed by atoms with Crippen LogP contribution in [0, 0.1) is 0 Å². The van der Waals surface area contributed by atoms with E-state index in [4.69, 9.17) is 23.2 Å². The molecule has 2 aromatic heterocycles. The number of hydrogen-bond donors (Lipinski definition) is 2. The van der Waals surface area contributed by atoms with E-state index < -0.39 is 0 Å². The Morgan fingerprint density at radius 2 is 1.80 bits per heavy atom. The van der Waals surface area contributed by atoms with Crippen molar-refractivity contribution >= 4 is 40.5 Å². The van der Waals surface area contributed by atoms with E-state index >= 15 is 0 Å². The summed E-state index contributed by atoms with van der Waals surface area (Å²) in [4.78, 5) is 20.5. The Kier molecular flexibility index (Phi) is 5.48. The first kappa shape index (κ1) is 17.2. The van der Waals surface area contributed by atoms with Gasteiger partial charge in [-0.1, -0.05) is 35.3 Å². The number of pyridine rings is 2. The molecule has 3 rings (SSSR count). The first-order valence-corrected chi connectivity index (χ1v) is 8.23. The third kappa shape index (κ3) is 4.47. The van der Waals surface area contributed by atoms with Crippen molar-refractivity contribution in [2.75, 3.05) is 10.6 Å². The van der Waals surface area contributed by atoms with Crippen molar-refractivity contribution in [2.45, 2.75) is 6.54 Å². The van der Waals surface area contributed by atoms with Crippen LogP contribution in [0.5, 0.6) is 0 Å². The van der Waals surface area contributed by atoms with Gasteiger partial charge in [-0.15, -0.1) is 0 Å². The molecule has 25 heavy (non-hydrogen) atoms. The lowest BCUT2D eigenvalue weighted by atomic mass is 10.2. The number of amides is 1. The predicted octanol–water partition coefficient (Wildman–Crippen LogP) is 4.65. The van der Waals surface area contributed by atoms with E-state index in [0.717, 1.165) is 11.3 Å². The second kappa shape index (κ2) is 7.96. The maximum Gasteiger partial charge on any atom is 0.274 e. The second-order valence-corrected chi connectivity index (χ2v) is 6.01. The van der Waals surface area contributed by atoms with Crippen molar-refractivity contribution in [3.8, 4) is 0 Å². The van der Waals surface area contributed by atoms with E-state index in [-0.39, 0.29) is 11.6 Å². The number of hydrogen-bond acceptors (Lipinski definition) is 4. The maximum atomic E-state index is 12.3. The summed E-state index contributed by atoms with van der Waals surface area (Å²) >= 11 is 12.1. The average Bonchev–Trinajstić information content (AvgIpc) is 2.64. The fraction of sp³-hybridized carbons (Fsp3) is 0.0556. The molecule has 0 atom stereocenters. The summed E-state index contributed by atoms with van der Waals surface area (Å²) in [6.45, 7) is 0.621. The van der Waals surface area contributed by atoms with Gasteiger partial charge >= 0.3 is 0 Å². The molecule has 1 amide bonds. The molecule has 7 heteroatoms. The molecule has 5 nitrogen and oxygen atoms in total. The highest BCUT2D eigenvalue weighted by Crippen LogP contribution is 2.30. The van der Waals surface area contributed by atoms with Gasteiger partial charge in [0.2, 0.25) is 0 Å². The zero-order chi connectivity index (χ0) is 17.6. The zero-order valence-electron chi connectivity index (χ0n) is 13.0. The molecule has 126 valence electrons. The molecule has 0 bridgehead atoms. The van der Waals surface area contributed by atoms with Crippen molar-refractivity contribution in [3.63, 3.8) is 0 Å². The fourth-order valence-electron chi connectivity index (χ4n) is 2.13. The number of para-hydroxylation sites is 1. The normalized spacial score (nSPS) is 10.3. The third-order valence-electron chi connectivity index (χ3n) is 3.42. The van der Waals surface area contributed by atoms with Crippen molar-refractivity contribution in [3.05, 3.63) is 82.4 Å². The van der Waals surface area contributed by atoms with Crippen LogP contribution in [0.25, 0.3) is 0 Å². The Morgan fingerprint density at radius 3 is 2.44 bits per heavy atom. The smallest absolute Gasteiger partial charge is 0.274 e. The first-order valence-electron chi connectivity index (χ1n) is 7.47. The van der Waals surface area contributed by atoms with Gasteiger partial charge in [0, 0.05) is 18.9 Å². The van der Waals surface area contributed by atoms with E-state index in [1.165, 1.54) is 0 Å². The van der Waals surface area contributed by atoms with Crippen LogP contribution in [-0.2, 0) is 6.54 Å². The first-order chi connectivity index (χ1) is 12.1. The Hall–Kier alpha value is -2.63. The second-order valence-electron chi connectivity index (χ2n) is 5.20. The largest absolute Gasteiger partial charge is 0.380 e. The van der Waals surface area contributed by atoms with Crippen LogP contribution in [0.4, 0.5) is 11.4 Å². The fourth-order valence-corrected chi connectivity index (χ4v) is 2.63. The number of aromatic nitrogens is 2. The van der Waals surface area contributed by atoms with Crippen molar-refractivity contribution < 1.29 is 4.79 Å². The summed E-state index contributed by atoms with van der Waals surface area (Å²) in [5.74, 6) is -0.381. The third-order valence-corrected chi connectivity index (χ3v) is 4.05. The topological polar surface area (TPSA) is 66.9 Å². The average molecular weight is 373 g/mol. The minimum Gasteiger partial charge on any atom is -0.380 e. The maximum absolute atomic E-state index is 12.3. The standard InChI is InChI=1S/C18H14Cl2N4O/c19-14-4-1-5-15(20)17(14)24-18(25)16-7-6-13(11-23-16)22-10-12-3-2-8-21-9-12/h1-9,11,22H,10H2,(H,24,25). The number of nitrogens with one attached hydrogen (secondary N) is 2. The summed E-state index contributed by atoms with van der Waals surface area (Å²) in [7, 11) is 0. The monoisotopic (exact) mass is 372 g/mol. The summed E-state index contributed by atoms with van der Waals surface area (Å²) in [5.41, 5.74) is 2.49. The Morgan fingerprint density at radius 1 is 1.00 bits per heavy atom. The molecule has 0 fully saturated rings. The van der Waals surface area contributed by atoms with E-state index in [2.05, 4.69) is 20.6 Å². The minimum absolute atomic E-state index is 0.267. The molecule has 0 aliphatic heterocycles. The number of anilines is 2. The lowest BCUT2D eigenvalue weighted by Crippen LogP contribution is -2.14. The Labute approximate surface area is 155 Å². The van der Waals surface area contributed by atoms with Gasteiger partial charge in [0.15, 0.2) is 0 Å². The number of nitrogens with zero attached hydrogens (tertiary/aromatic N) is 2. The highest BCUT2D eigenvalue weighted by molar-refractivity contribution is 6.39. The van der Waals surface area contributed by atoms with Gasteiger partial charge in [0.05, 0.1) is 27.6 Å². The van der Waals surface area contributed by atoms with Gasteiger partial charge in [0.1, 0.15) is 5.69 Å². The molecule has 0 aliphatic rings. The molecule has 2 N–H and O–H groups in total. The molecule has 0 aliphatic carbocycles. The highest BCUT2D eigenvalue weighted by Gasteiger charge is 2.12. The molecule has 3 aromatic rings. The van der Waals surface area contributed by atoms with Crippen LogP contribution in [0.3, 0.4) is 0 Å². The van der Waals surface area contributed by atoms with Crippen molar-refractivity contribution in [1.82, 2.24) is 9.97 Å². The van der Waals surface area contributed by atoms with Crippen LogP contribution in [0.1, 0.15) is 16.1 Å². The van der Waals surface area contributed by atoms with Crippen molar-refractivity contribution in [2.24, 2.45) is 0 Å². The quantitative estimate of drug-likeness (QED) is 0.683.